The smallest absolute Gasteiger partial charge is 0.323 e. The number of hydrogen-bond donors (Lipinski definition) is 2. The lowest BCUT2D eigenvalue weighted by Gasteiger charge is -2.34. The van der Waals surface area contributed by atoms with Crippen LogP contribution in [0.4, 0.5) is 9.80 Å². The molecule has 1 atom stereocenters. The number of anilines is 1. The van der Waals surface area contributed by atoms with Gasteiger partial charge in [-0.15, -0.1) is 5.10 Å². The van der Waals surface area contributed by atoms with E-state index in [-0.39, 0.29) is 12.1 Å². The Morgan fingerprint density at radius 3 is 3.21 bits per heavy atom. The highest BCUT2D eigenvalue weighted by atomic mass is 32.1. The Balaban J connectivity index is 1.75. The molecule has 0 bridgehead atoms. The van der Waals surface area contributed by atoms with E-state index in [1.807, 2.05) is 4.90 Å². The fraction of sp³-hybridized carbons (Fsp3) is 0.455. The predicted molar refractivity (Wildman–Crippen MR) is 70.8 cm³/mol. The maximum Gasteiger partial charge on any atom is 0.323 e. The molecular formula is C11H14N6OS. The lowest BCUT2D eigenvalue weighted by molar-refractivity contribution is 0.160. The third-order valence-corrected chi connectivity index (χ3v) is 3.77. The zero-order valence-corrected chi connectivity index (χ0v) is 11.1. The number of H-pyrrole nitrogens is 1. The SMILES string of the molecule is O=C(Nc1cnns1)N1CCCCC1c1ncc[nH]1. The fourth-order valence-corrected chi connectivity index (χ4v) is 2.73. The van der Waals surface area contributed by atoms with Gasteiger partial charge >= 0.3 is 6.03 Å². The van der Waals surface area contributed by atoms with Crippen LogP contribution in [0.25, 0.3) is 0 Å². The van der Waals surface area contributed by atoms with Gasteiger partial charge in [-0.1, -0.05) is 4.49 Å². The normalized spacial score (nSPS) is 19.4. The fourth-order valence-electron chi connectivity index (χ4n) is 2.32. The van der Waals surface area contributed by atoms with Crippen LogP contribution >= 0.6 is 11.5 Å². The molecule has 1 saturated heterocycles. The summed E-state index contributed by atoms with van der Waals surface area (Å²) in [5.41, 5.74) is 0. The Morgan fingerprint density at radius 1 is 1.53 bits per heavy atom. The summed E-state index contributed by atoms with van der Waals surface area (Å²) in [6.45, 7) is 0.740. The van der Waals surface area contributed by atoms with E-state index in [2.05, 4.69) is 24.9 Å². The number of carbonyl (C=O) groups excluding carboxylic acids is 1. The van der Waals surface area contributed by atoms with E-state index in [4.69, 9.17) is 0 Å². The molecule has 100 valence electrons. The number of likely N-dealkylation sites (tertiary alicyclic amines) is 1. The monoisotopic (exact) mass is 278 g/mol. The second kappa shape index (κ2) is 5.35. The Kier molecular flexibility index (Phi) is 3.41. The first kappa shape index (κ1) is 12.1. The van der Waals surface area contributed by atoms with Gasteiger partial charge in [0.25, 0.3) is 0 Å². The summed E-state index contributed by atoms with van der Waals surface area (Å²) in [5, 5.41) is 7.19. The number of nitrogens with one attached hydrogen (secondary N) is 2. The minimum atomic E-state index is -0.118. The highest BCUT2D eigenvalue weighted by Crippen LogP contribution is 2.29. The number of nitrogens with zero attached hydrogens (tertiary/aromatic N) is 4. The molecule has 1 aliphatic heterocycles. The Labute approximate surface area is 114 Å². The highest BCUT2D eigenvalue weighted by molar-refractivity contribution is 7.10. The van der Waals surface area contributed by atoms with E-state index in [1.54, 1.807) is 18.6 Å². The number of rotatable bonds is 2. The second-order valence-corrected chi connectivity index (χ2v) is 5.18. The lowest BCUT2D eigenvalue weighted by atomic mass is 10.0. The molecule has 1 fully saturated rings. The van der Waals surface area contributed by atoms with Crippen LogP contribution in [0.1, 0.15) is 31.1 Å². The van der Waals surface area contributed by atoms with Crippen LogP contribution < -0.4 is 5.32 Å². The van der Waals surface area contributed by atoms with Crippen molar-refractivity contribution in [2.45, 2.75) is 25.3 Å². The third kappa shape index (κ3) is 2.58. The first-order chi connectivity index (χ1) is 9.34. The van der Waals surface area contributed by atoms with Gasteiger partial charge in [-0.3, -0.25) is 5.32 Å². The van der Waals surface area contributed by atoms with Crippen LogP contribution in [0.15, 0.2) is 18.6 Å². The van der Waals surface area contributed by atoms with Crippen molar-refractivity contribution in [1.29, 1.82) is 0 Å². The van der Waals surface area contributed by atoms with Crippen LogP contribution in [0, 0.1) is 0 Å². The molecule has 1 unspecified atom stereocenters. The van der Waals surface area contributed by atoms with Crippen LogP contribution in [0.5, 0.6) is 0 Å². The van der Waals surface area contributed by atoms with Gasteiger partial charge in [0.05, 0.1) is 12.2 Å². The zero-order valence-electron chi connectivity index (χ0n) is 10.2. The van der Waals surface area contributed by atoms with Gasteiger partial charge in [0.15, 0.2) is 0 Å². The molecule has 19 heavy (non-hydrogen) atoms. The number of hydrogen-bond acceptors (Lipinski definition) is 5. The van der Waals surface area contributed by atoms with Crippen molar-refractivity contribution in [2.24, 2.45) is 0 Å². The molecule has 2 N–H and O–H groups in total. The second-order valence-electron chi connectivity index (χ2n) is 4.39. The number of carbonyl (C=O) groups is 1. The van der Waals surface area contributed by atoms with Crippen molar-refractivity contribution in [1.82, 2.24) is 24.5 Å². The highest BCUT2D eigenvalue weighted by Gasteiger charge is 2.29. The van der Waals surface area contributed by atoms with Gasteiger partial charge in [0.2, 0.25) is 0 Å². The van der Waals surface area contributed by atoms with E-state index >= 15 is 0 Å². The molecule has 0 aromatic carbocycles. The molecule has 1 aliphatic rings. The minimum absolute atomic E-state index is 0.0182. The molecule has 0 saturated carbocycles. The molecule has 0 radical (unpaired) electrons. The summed E-state index contributed by atoms with van der Waals surface area (Å²) in [6, 6.07) is -0.100. The van der Waals surface area contributed by atoms with Crippen molar-refractivity contribution in [3.8, 4) is 0 Å². The Bertz CT molecular complexity index is 525. The number of piperidine rings is 1. The van der Waals surface area contributed by atoms with Gasteiger partial charge in [-0.2, -0.15) is 0 Å². The van der Waals surface area contributed by atoms with Crippen LogP contribution in [-0.2, 0) is 0 Å². The Morgan fingerprint density at radius 2 is 2.47 bits per heavy atom. The van der Waals surface area contributed by atoms with E-state index in [1.165, 1.54) is 11.5 Å². The molecule has 2 aromatic rings. The maximum atomic E-state index is 12.3. The molecule has 3 rings (SSSR count). The number of amides is 2. The summed E-state index contributed by atoms with van der Waals surface area (Å²) in [7, 11) is 0. The van der Waals surface area contributed by atoms with Crippen molar-refractivity contribution >= 4 is 22.6 Å². The first-order valence-corrected chi connectivity index (χ1v) is 6.96. The van der Waals surface area contributed by atoms with Crippen LogP contribution in [-0.4, -0.2) is 37.0 Å². The van der Waals surface area contributed by atoms with Gasteiger partial charge in [0, 0.05) is 30.5 Å². The zero-order chi connectivity index (χ0) is 13.1. The standard InChI is InChI=1S/C11H14N6OS/c18-11(15-9-7-14-16-19-9)17-6-2-1-3-8(17)10-12-4-5-13-10/h4-5,7-8H,1-3,6H2,(H,12,13)(H,15,18). The van der Waals surface area contributed by atoms with E-state index in [9.17, 15) is 4.79 Å². The van der Waals surface area contributed by atoms with Gasteiger partial charge < -0.3 is 9.88 Å². The molecule has 0 aliphatic carbocycles. The molecule has 3 heterocycles. The summed E-state index contributed by atoms with van der Waals surface area (Å²) < 4.78 is 3.73. The third-order valence-electron chi connectivity index (χ3n) is 3.19. The van der Waals surface area contributed by atoms with Gasteiger partial charge in [-0.25, -0.2) is 9.78 Å². The molecule has 0 spiro atoms. The summed E-state index contributed by atoms with van der Waals surface area (Å²) in [5.74, 6) is 0.845. The predicted octanol–water partition coefficient (Wildman–Crippen LogP) is 2.02. The number of aromatic nitrogens is 4. The quantitative estimate of drug-likeness (QED) is 0.879. The van der Waals surface area contributed by atoms with E-state index in [0.717, 1.165) is 31.6 Å². The van der Waals surface area contributed by atoms with Gasteiger partial charge in [0.1, 0.15) is 10.8 Å². The largest absolute Gasteiger partial charge is 0.347 e. The summed E-state index contributed by atoms with van der Waals surface area (Å²) >= 11 is 1.17. The van der Waals surface area contributed by atoms with Crippen LogP contribution in [0.2, 0.25) is 0 Å². The maximum absolute atomic E-state index is 12.3. The van der Waals surface area contributed by atoms with Crippen molar-refractivity contribution in [3.63, 3.8) is 0 Å². The molecule has 2 amide bonds. The van der Waals surface area contributed by atoms with E-state index in [0.29, 0.717) is 5.00 Å². The Hall–Kier alpha value is -1.96. The van der Waals surface area contributed by atoms with Crippen molar-refractivity contribution in [3.05, 3.63) is 24.4 Å². The van der Waals surface area contributed by atoms with Crippen molar-refractivity contribution in [2.75, 3.05) is 11.9 Å². The minimum Gasteiger partial charge on any atom is -0.347 e. The average Bonchev–Trinajstić information content (AvgIpc) is 3.11. The average molecular weight is 278 g/mol. The van der Waals surface area contributed by atoms with Crippen molar-refractivity contribution < 1.29 is 4.79 Å². The summed E-state index contributed by atoms with van der Waals surface area (Å²) in [4.78, 5) is 21.5. The first-order valence-electron chi connectivity index (χ1n) is 6.19. The molecule has 2 aromatic heterocycles. The van der Waals surface area contributed by atoms with Crippen LogP contribution in [0.3, 0.4) is 0 Å². The topological polar surface area (TPSA) is 86.8 Å². The van der Waals surface area contributed by atoms with E-state index < -0.39 is 0 Å². The van der Waals surface area contributed by atoms with Gasteiger partial charge in [-0.05, 0) is 19.3 Å². The molecular weight excluding hydrogens is 264 g/mol. The number of imidazole rings is 1. The number of aromatic amines is 1. The molecule has 7 nitrogen and oxygen atoms in total. The summed E-state index contributed by atoms with van der Waals surface area (Å²) in [6.07, 6.45) is 8.11. The lowest BCUT2D eigenvalue weighted by Crippen LogP contribution is -2.41. The molecule has 8 heteroatoms. The number of urea groups is 1.